The Labute approximate surface area is 158 Å². The summed E-state index contributed by atoms with van der Waals surface area (Å²) in [5.74, 6) is 3.29. The second-order valence-corrected chi connectivity index (χ2v) is 5.54. The molecule has 7 nitrogen and oxygen atoms in total. The smallest absolute Gasteiger partial charge is 0.229 e. The molecule has 0 unspecified atom stereocenters. The first-order valence-corrected chi connectivity index (χ1v) is 8.54. The Morgan fingerprint density at radius 1 is 0.852 bits per heavy atom. The molecule has 7 heteroatoms. The Balaban J connectivity index is 1.72. The highest BCUT2D eigenvalue weighted by molar-refractivity contribution is 5.63. The van der Waals surface area contributed by atoms with Gasteiger partial charge in [-0.25, -0.2) is 4.98 Å². The van der Waals surface area contributed by atoms with Crippen LogP contribution in [0.1, 0.15) is 6.92 Å². The van der Waals surface area contributed by atoms with E-state index in [-0.39, 0.29) is 0 Å². The standard InChI is InChI=1S/C20H22N4O3/c1-4-27-16-8-5-14(6-9-16)23-20-21-12-11-19(24-20)22-15-7-10-17(25-2)18(13-15)26-3/h5-13H,4H2,1-3H3,(H2,21,22,23,24). The first kappa shape index (κ1) is 18.3. The van der Waals surface area contributed by atoms with Crippen LogP contribution in [0.5, 0.6) is 17.2 Å². The Hall–Kier alpha value is -3.48. The highest BCUT2D eigenvalue weighted by Crippen LogP contribution is 2.31. The van der Waals surface area contributed by atoms with Crippen LogP contribution in [0.15, 0.2) is 54.7 Å². The fraction of sp³-hybridized carbons (Fsp3) is 0.200. The Kier molecular flexibility index (Phi) is 5.94. The molecule has 0 aliphatic rings. The van der Waals surface area contributed by atoms with Crippen molar-refractivity contribution < 1.29 is 14.2 Å². The molecule has 0 bridgehead atoms. The fourth-order valence-electron chi connectivity index (χ4n) is 2.48. The Morgan fingerprint density at radius 3 is 2.30 bits per heavy atom. The third-order valence-corrected chi connectivity index (χ3v) is 3.73. The number of methoxy groups -OCH3 is 2. The van der Waals surface area contributed by atoms with Crippen LogP contribution >= 0.6 is 0 Å². The van der Waals surface area contributed by atoms with Gasteiger partial charge in [-0.15, -0.1) is 0 Å². The minimum atomic E-state index is 0.490. The van der Waals surface area contributed by atoms with Gasteiger partial charge in [0.2, 0.25) is 5.95 Å². The lowest BCUT2D eigenvalue weighted by Crippen LogP contribution is -2.01. The van der Waals surface area contributed by atoms with Crippen molar-refractivity contribution in [1.82, 2.24) is 9.97 Å². The highest BCUT2D eigenvalue weighted by atomic mass is 16.5. The molecule has 0 atom stereocenters. The molecule has 0 aliphatic heterocycles. The molecule has 2 aromatic carbocycles. The van der Waals surface area contributed by atoms with Gasteiger partial charge in [-0.05, 0) is 49.4 Å². The molecule has 3 rings (SSSR count). The number of aromatic nitrogens is 2. The molecular formula is C20H22N4O3. The molecule has 2 N–H and O–H groups in total. The van der Waals surface area contributed by atoms with Crippen molar-refractivity contribution in [3.05, 3.63) is 54.7 Å². The first-order chi connectivity index (χ1) is 13.2. The zero-order valence-corrected chi connectivity index (χ0v) is 15.5. The maximum atomic E-state index is 5.44. The molecule has 0 radical (unpaired) electrons. The lowest BCUT2D eigenvalue weighted by atomic mass is 10.2. The van der Waals surface area contributed by atoms with Gasteiger partial charge in [0.25, 0.3) is 0 Å². The van der Waals surface area contributed by atoms with Gasteiger partial charge >= 0.3 is 0 Å². The molecule has 0 saturated heterocycles. The highest BCUT2D eigenvalue weighted by Gasteiger charge is 2.06. The molecule has 3 aromatic rings. The summed E-state index contributed by atoms with van der Waals surface area (Å²) in [5, 5.41) is 6.41. The summed E-state index contributed by atoms with van der Waals surface area (Å²) in [7, 11) is 3.21. The number of nitrogens with one attached hydrogen (secondary N) is 2. The third-order valence-electron chi connectivity index (χ3n) is 3.73. The topological polar surface area (TPSA) is 77.5 Å². The molecule has 0 fully saturated rings. The minimum absolute atomic E-state index is 0.490. The maximum absolute atomic E-state index is 5.44. The lowest BCUT2D eigenvalue weighted by Gasteiger charge is -2.12. The van der Waals surface area contributed by atoms with E-state index in [0.717, 1.165) is 17.1 Å². The van der Waals surface area contributed by atoms with Crippen LogP contribution in [0.3, 0.4) is 0 Å². The number of benzene rings is 2. The van der Waals surface area contributed by atoms with Gasteiger partial charge in [-0.3, -0.25) is 0 Å². The third kappa shape index (κ3) is 4.78. The second-order valence-electron chi connectivity index (χ2n) is 5.54. The van der Waals surface area contributed by atoms with Crippen LogP contribution in [-0.4, -0.2) is 30.8 Å². The maximum Gasteiger partial charge on any atom is 0.229 e. The summed E-state index contributed by atoms with van der Waals surface area (Å²) in [4.78, 5) is 8.74. The van der Waals surface area contributed by atoms with Gasteiger partial charge in [0, 0.05) is 23.6 Å². The van der Waals surface area contributed by atoms with Crippen molar-refractivity contribution in [3.63, 3.8) is 0 Å². The fourth-order valence-corrected chi connectivity index (χ4v) is 2.48. The molecule has 1 heterocycles. The van der Waals surface area contributed by atoms with Gasteiger partial charge < -0.3 is 24.8 Å². The number of nitrogens with zero attached hydrogens (tertiary/aromatic N) is 2. The molecule has 1 aromatic heterocycles. The number of hydrogen-bond donors (Lipinski definition) is 2. The van der Waals surface area contributed by atoms with Crippen LogP contribution in [-0.2, 0) is 0 Å². The van der Waals surface area contributed by atoms with Gasteiger partial charge in [-0.1, -0.05) is 0 Å². The van der Waals surface area contributed by atoms with Crippen LogP contribution < -0.4 is 24.8 Å². The molecule has 0 amide bonds. The largest absolute Gasteiger partial charge is 0.494 e. The van der Waals surface area contributed by atoms with Crippen LogP contribution in [0.4, 0.5) is 23.1 Å². The van der Waals surface area contributed by atoms with Crippen molar-refractivity contribution in [3.8, 4) is 17.2 Å². The van der Waals surface area contributed by atoms with E-state index >= 15 is 0 Å². The minimum Gasteiger partial charge on any atom is -0.494 e. The molecule has 0 aliphatic carbocycles. The zero-order valence-electron chi connectivity index (χ0n) is 15.5. The molecule has 0 saturated carbocycles. The average Bonchev–Trinajstić information content (AvgIpc) is 2.70. The van der Waals surface area contributed by atoms with E-state index < -0.39 is 0 Å². The number of ether oxygens (including phenoxy) is 3. The summed E-state index contributed by atoms with van der Waals surface area (Å²) in [6, 6.07) is 15.0. The molecule has 0 spiro atoms. The Bertz CT molecular complexity index is 885. The predicted molar refractivity (Wildman–Crippen MR) is 106 cm³/mol. The van der Waals surface area contributed by atoms with Crippen molar-refractivity contribution in [2.24, 2.45) is 0 Å². The number of anilines is 4. The number of rotatable bonds is 8. The lowest BCUT2D eigenvalue weighted by molar-refractivity contribution is 0.340. The van der Waals surface area contributed by atoms with Crippen molar-refractivity contribution >= 4 is 23.1 Å². The summed E-state index contributed by atoms with van der Waals surface area (Å²) in [6.45, 7) is 2.59. The van der Waals surface area contributed by atoms with Crippen LogP contribution in [0.2, 0.25) is 0 Å². The first-order valence-electron chi connectivity index (χ1n) is 8.54. The van der Waals surface area contributed by atoms with E-state index in [9.17, 15) is 0 Å². The van der Waals surface area contributed by atoms with Crippen LogP contribution in [0.25, 0.3) is 0 Å². The Morgan fingerprint density at radius 2 is 1.59 bits per heavy atom. The average molecular weight is 366 g/mol. The summed E-state index contributed by atoms with van der Waals surface area (Å²) >= 11 is 0. The second kappa shape index (κ2) is 8.75. The van der Waals surface area contributed by atoms with Gasteiger partial charge in [0.1, 0.15) is 11.6 Å². The van der Waals surface area contributed by atoms with Crippen molar-refractivity contribution in [1.29, 1.82) is 0 Å². The quantitative estimate of drug-likeness (QED) is 0.612. The van der Waals surface area contributed by atoms with E-state index in [1.165, 1.54) is 0 Å². The van der Waals surface area contributed by atoms with Gasteiger partial charge in [-0.2, -0.15) is 4.98 Å². The predicted octanol–water partition coefficient (Wildman–Crippen LogP) is 4.38. The van der Waals surface area contributed by atoms with E-state index in [4.69, 9.17) is 14.2 Å². The van der Waals surface area contributed by atoms with E-state index in [2.05, 4.69) is 20.6 Å². The monoisotopic (exact) mass is 366 g/mol. The van der Waals surface area contributed by atoms with E-state index in [1.54, 1.807) is 26.5 Å². The molecule has 27 heavy (non-hydrogen) atoms. The van der Waals surface area contributed by atoms with Gasteiger partial charge in [0.05, 0.1) is 20.8 Å². The number of hydrogen-bond acceptors (Lipinski definition) is 7. The van der Waals surface area contributed by atoms with E-state index in [1.807, 2.05) is 49.4 Å². The summed E-state index contributed by atoms with van der Waals surface area (Å²) in [5.41, 5.74) is 1.71. The SMILES string of the molecule is CCOc1ccc(Nc2nccc(Nc3ccc(OC)c(OC)c3)n2)cc1. The normalized spacial score (nSPS) is 10.2. The van der Waals surface area contributed by atoms with Gasteiger partial charge in [0.15, 0.2) is 11.5 Å². The molecule has 140 valence electrons. The molecular weight excluding hydrogens is 344 g/mol. The van der Waals surface area contributed by atoms with E-state index in [0.29, 0.717) is 29.9 Å². The summed E-state index contributed by atoms with van der Waals surface area (Å²) < 4.78 is 16.0. The van der Waals surface area contributed by atoms with Crippen LogP contribution in [0, 0.1) is 0 Å². The van der Waals surface area contributed by atoms with Crippen molar-refractivity contribution in [2.75, 3.05) is 31.5 Å². The zero-order chi connectivity index (χ0) is 19.1. The summed E-state index contributed by atoms with van der Waals surface area (Å²) in [6.07, 6.45) is 1.69. The van der Waals surface area contributed by atoms with Crippen molar-refractivity contribution in [2.45, 2.75) is 6.92 Å².